The summed E-state index contributed by atoms with van der Waals surface area (Å²) in [4.78, 5) is 37.7. The second-order valence-corrected chi connectivity index (χ2v) is 9.90. The molecule has 2 aromatic carbocycles. The van der Waals surface area contributed by atoms with Gasteiger partial charge in [0.1, 0.15) is 6.61 Å². The molecule has 5 rings (SSSR count). The van der Waals surface area contributed by atoms with Crippen LogP contribution < -0.4 is 5.32 Å². The molecule has 2 unspecified atom stereocenters. The van der Waals surface area contributed by atoms with Crippen molar-refractivity contribution in [3.05, 3.63) is 59.7 Å². The fourth-order valence-electron chi connectivity index (χ4n) is 5.70. The maximum absolute atomic E-state index is 12.5. The summed E-state index contributed by atoms with van der Waals surface area (Å²) in [5, 5.41) is 22.0. The Kier molecular flexibility index (Phi) is 6.23. The number of carbonyl (C=O) groups excluding carboxylic acids is 2. The van der Waals surface area contributed by atoms with Crippen molar-refractivity contribution in [3.8, 4) is 11.1 Å². The third-order valence-corrected chi connectivity index (χ3v) is 7.84. The molecule has 3 N–H and O–H groups in total. The van der Waals surface area contributed by atoms with E-state index in [1.54, 1.807) is 4.90 Å². The van der Waals surface area contributed by atoms with E-state index in [0.29, 0.717) is 32.4 Å². The molecule has 0 aromatic heterocycles. The summed E-state index contributed by atoms with van der Waals surface area (Å²) in [7, 11) is 0. The molecule has 8 nitrogen and oxygen atoms in total. The number of hydrogen-bond donors (Lipinski definition) is 3. The summed E-state index contributed by atoms with van der Waals surface area (Å²) in [6.45, 7) is 1.12. The molecule has 2 aliphatic carbocycles. The molecule has 184 valence electrons. The van der Waals surface area contributed by atoms with Gasteiger partial charge in [0, 0.05) is 25.6 Å². The smallest absolute Gasteiger partial charge is 0.407 e. The number of hydrogen-bond acceptors (Lipinski definition) is 5. The summed E-state index contributed by atoms with van der Waals surface area (Å²) in [6, 6.07) is 16.2. The number of likely N-dealkylation sites (tertiary alicyclic amines) is 1. The topological polar surface area (TPSA) is 116 Å². The molecule has 2 aromatic rings. The Bertz CT molecular complexity index is 1090. The number of fused-ring (bicyclic) bond motifs is 3. The number of aliphatic hydroxyl groups is 1. The highest BCUT2D eigenvalue weighted by Crippen LogP contribution is 2.59. The molecule has 1 spiro atoms. The molecule has 1 heterocycles. The van der Waals surface area contributed by atoms with E-state index in [2.05, 4.69) is 17.4 Å². The van der Waals surface area contributed by atoms with Crippen LogP contribution in [0.15, 0.2) is 48.5 Å². The lowest BCUT2D eigenvalue weighted by Gasteiger charge is -2.33. The molecule has 0 radical (unpaired) electrons. The number of alkyl carbamates (subject to hydrolysis) is 1. The lowest BCUT2D eigenvalue weighted by Crippen LogP contribution is -2.42. The number of rotatable bonds is 7. The Hall–Kier alpha value is -3.39. The summed E-state index contributed by atoms with van der Waals surface area (Å²) < 4.78 is 5.47. The Labute approximate surface area is 203 Å². The van der Waals surface area contributed by atoms with Gasteiger partial charge in [-0.3, -0.25) is 9.59 Å². The standard InChI is InChI=1S/C27H30N2O6/c30-17(13-24(31)29-11-9-27(10-12-29)14-23(27)25(32)33)15-28-26(34)35-16-22-20-7-3-1-5-18(20)19-6-2-4-8-21(19)22/h1-8,17,22-23,30H,9-16H2,(H,28,34)(H,32,33). The van der Waals surface area contributed by atoms with Crippen LogP contribution in [0.4, 0.5) is 4.79 Å². The first-order valence-electron chi connectivity index (χ1n) is 12.2. The second-order valence-electron chi connectivity index (χ2n) is 9.90. The van der Waals surface area contributed by atoms with Gasteiger partial charge >= 0.3 is 12.1 Å². The Morgan fingerprint density at radius 3 is 2.20 bits per heavy atom. The average molecular weight is 479 g/mol. The predicted molar refractivity (Wildman–Crippen MR) is 128 cm³/mol. The second kappa shape index (κ2) is 9.34. The van der Waals surface area contributed by atoms with E-state index in [1.165, 1.54) is 0 Å². The van der Waals surface area contributed by atoms with Crippen molar-refractivity contribution < 1.29 is 29.3 Å². The van der Waals surface area contributed by atoms with E-state index in [1.807, 2.05) is 36.4 Å². The van der Waals surface area contributed by atoms with Crippen LogP contribution in [0.2, 0.25) is 0 Å². The van der Waals surface area contributed by atoms with Crippen LogP contribution in [0.3, 0.4) is 0 Å². The Balaban J connectivity index is 1.06. The molecule has 2 atom stereocenters. The first-order chi connectivity index (χ1) is 16.9. The molecule has 2 fully saturated rings. The third-order valence-electron chi connectivity index (χ3n) is 7.84. The van der Waals surface area contributed by atoms with Gasteiger partial charge in [-0.1, -0.05) is 48.5 Å². The van der Waals surface area contributed by atoms with Crippen molar-refractivity contribution in [1.29, 1.82) is 0 Å². The van der Waals surface area contributed by atoms with Gasteiger partial charge in [0.2, 0.25) is 5.91 Å². The maximum Gasteiger partial charge on any atom is 0.407 e. The van der Waals surface area contributed by atoms with Crippen LogP contribution in [-0.2, 0) is 14.3 Å². The van der Waals surface area contributed by atoms with Crippen LogP contribution in [-0.4, -0.2) is 65.4 Å². The van der Waals surface area contributed by atoms with E-state index in [4.69, 9.17) is 4.74 Å². The van der Waals surface area contributed by atoms with Gasteiger partial charge in [-0.25, -0.2) is 4.79 Å². The molecule has 3 aliphatic rings. The summed E-state index contributed by atoms with van der Waals surface area (Å²) in [5.41, 5.74) is 4.39. The van der Waals surface area contributed by atoms with Crippen molar-refractivity contribution in [2.24, 2.45) is 11.3 Å². The lowest BCUT2D eigenvalue weighted by atomic mass is 9.90. The van der Waals surface area contributed by atoms with Gasteiger partial charge < -0.3 is 25.2 Å². The molecule has 35 heavy (non-hydrogen) atoms. The van der Waals surface area contributed by atoms with Gasteiger partial charge in [0.25, 0.3) is 0 Å². The first-order valence-corrected chi connectivity index (χ1v) is 12.2. The fraction of sp³-hybridized carbons (Fsp3) is 0.444. The summed E-state index contributed by atoms with van der Waals surface area (Å²) in [5.74, 6) is -1.27. The Morgan fingerprint density at radius 2 is 1.63 bits per heavy atom. The molecule has 1 saturated heterocycles. The molecule has 2 amide bonds. The van der Waals surface area contributed by atoms with Gasteiger partial charge in [-0.05, 0) is 46.9 Å². The molecular formula is C27H30N2O6. The maximum atomic E-state index is 12.5. The van der Waals surface area contributed by atoms with E-state index >= 15 is 0 Å². The third kappa shape index (κ3) is 4.62. The van der Waals surface area contributed by atoms with Crippen LogP contribution in [0.1, 0.15) is 42.7 Å². The number of carboxylic acids is 1. The first kappa shape index (κ1) is 23.4. The molecule has 8 heteroatoms. The zero-order valence-electron chi connectivity index (χ0n) is 19.5. The molecule has 1 saturated carbocycles. The molecule has 0 bridgehead atoms. The largest absolute Gasteiger partial charge is 0.481 e. The van der Waals surface area contributed by atoms with E-state index in [0.717, 1.165) is 22.3 Å². The number of amides is 2. The SMILES string of the molecule is O=C(NCC(O)CC(=O)N1CCC2(CC1)CC2C(=O)O)OCC1c2ccccc2-c2ccccc21. The quantitative estimate of drug-likeness (QED) is 0.563. The number of carbonyl (C=O) groups is 3. The number of nitrogens with one attached hydrogen (secondary N) is 1. The zero-order chi connectivity index (χ0) is 24.6. The number of nitrogens with zero attached hydrogens (tertiary/aromatic N) is 1. The number of carboxylic acid groups (broad SMARTS) is 1. The number of benzene rings is 2. The minimum absolute atomic E-state index is 0.0470. The highest BCUT2D eigenvalue weighted by Gasteiger charge is 2.59. The van der Waals surface area contributed by atoms with E-state index in [9.17, 15) is 24.6 Å². The van der Waals surface area contributed by atoms with Crippen LogP contribution >= 0.6 is 0 Å². The van der Waals surface area contributed by atoms with E-state index in [-0.39, 0.29) is 42.7 Å². The van der Waals surface area contributed by atoms with Crippen LogP contribution in [0.25, 0.3) is 11.1 Å². The minimum Gasteiger partial charge on any atom is -0.481 e. The van der Waals surface area contributed by atoms with Crippen molar-refractivity contribution in [3.63, 3.8) is 0 Å². The lowest BCUT2D eigenvalue weighted by molar-refractivity contribution is -0.140. The normalized spacial score (nSPS) is 20.6. The van der Waals surface area contributed by atoms with Crippen molar-refractivity contribution in [2.45, 2.75) is 37.7 Å². The molecule has 1 aliphatic heterocycles. The number of aliphatic carboxylic acids is 1. The highest BCUT2D eigenvalue weighted by molar-refractivity contribution is 5.79. The van der Waals surface area contributed by atoms with Gasteiger partial charge in [0.05, 0.1) is 18.4 Å². The monoisotopic (exact) mass is 478 g/mol. The number of aliphatic hydroxyl groups excluding tert-OH is 1. The zero-order valence-corrected chi connectivity index (χ0v) is 19.5. The van der Waals surface area contributed by atoms with Crippen molar-refractivity contribution >= 4 is 18.0 Å². The minimum atomic E-state index is -1.02. The summed E-state index contributed by atoms with van der Waals surface area (Å²) in [6.07, 6.45) is 0.308. The van der Waals surface area contributed by atoms with E-state index < -0.39 is 18.2 Å². The van der Waals surface area contributed by atoms with Gasteiger partial charge in [-0.2, -0.15) is 0 Å². The van der Waals surface area contributed by atoms with Crippen molar-refractivity contribution in [2.75, 3.05) is 26.2 Å². The predicted octanol–water partition coefficient (Wildman–Crippen LogP) is 2.99. The number of piperidine rings is 1. The molecular weight excluding hydrogens is 448 g/mol. The highest BCUT2D eigenvalue weighted by atomic mass is 16.5. The van der Waals surface area contributed by atoms with Gasteiger partial charge in [-0.15, -0.1) is 0 Å². The van der Waals surface area contributed by atoms with Gasteiger partial charge in [0.15, 0.2) is 0 Å². The average Bonchev–Trinajstić information content (AvgIpc) is 3.47. The number of ether oxygens (including phenoxy) is 1. The van der Waals surface area contributed by atoms with Crippen LogP contribution in [0, 0.1) is 11.3 Å². The Morgan fingerprint density at radius 1 is 1.03 bits per heavy atom. The summed E-state index contributed by atoms with van der Waals surface area (Å²) >= 11 is 0. The fourth-order valence-corrected chi connectivity index (χ4v) is 5.70. The van der Waals surface area contributed by atoms with Crippen LogP contribution in [0.5, 0.6) is 0 Å². The van der Waals surface area contributed by atoms with Crippen molar-refractivity contribution in [1.82, 2.24) is 10.2 Å².